The second kappa shape index (κ2) is 6.71. The van der Waals surface area contributed by atoms with Gasteiger partial charge in [-0.1, -0.05) is 24.3 Å². The van der Waals surface area contributed by atoms with Crippen LogP contribution in [0.2, 0.25) is 0 Å². The van der Waals surface area contributed by atoms with Gasteiger partial charge in [-0.15, -0.1) is 0 Å². The largest absolute Gasteiger partial charge is 0.295 e. The van der Waals surface area contributed by atoms with Crippen LogP contribution in [0.15, 0.2) is 48.5 Å². The smallest absolute Gasteiger partial charge is 0.269 e. The van der Waals surface area contributed by atoms with Gasteiger partial charge < -0.3 is 0 Å². The van der Waals surface area contributed by atoms with Crippen molar-refractivity contribution >= 4 is 11.5 Å². The fraction of sp³-hybridized carbons (Fsp3) is 0.278. The molecule has 1 aliphatic heterocycles. The SMILES string of the molecule is O=C(CCCN1Cc2ccccc2C1)c1ccc([N+](=O)[O-])cc1. The van der Waals surface area contributed by atoms with Crippen LogP contribution in [-0.4, -0.2) is 22.2 Å². The van der Waals surface area contributed by atoms with Crippen molar-refractivity contribution in [3.8, 4) is 0 Å². The van der Waals surface area contributed by atoms with Gasteiger partial charge in [0.1, 0.15) is 0 Å². The third-order valence-corrected chi connectivity index (χ3v) is 4.18. The van der Waals surface area contributed by atoms with E-state index in [4.69, 9.17) is 0 Å². The predicted molar refractivity (Wildman–Crippen MR) is 87.2 cm³/mol. The highest BCUT2D eigenvalue weighted by atomic mass is 16.6. The Morgan fingerprint density at radius 2 is 1.65 bits per heavy atom. The molecule has 0 radical (unpaired) electrons. The fourth-order valence-corrected chi connectivity index (χ4v) is 2.94. The van der Waals surface area contributed by atoms with Crippen LogP contribution < -0.4 is 0 Å². The molecule has 0 saturated heterocycles. The monoisotopic (exact) mass is 310 g/mol. The minimum absolute atomic E-state index is 0.0105. The van der Waals surface area contributed by atoms with E-state index in [1.165, 1.54) is 35.4 Å². The molecule has 3 rings (SSSR count). The summed E-state index contributed by atoms with van der Waals surface area (Å²) in [5.74, 6) is 0.0385. The maximum Gasteiger partial charge on any atom is 0.269 e. The van der Waals surface area contributed by atoms with Crippen LogP contribution >= 0.6 is 0 Å². The molecule has 0 bridgehead atoms. The Balaban J connectivity index is 1.48. The Labute approximate surface area is 134 Å². The molecule has 5 heteroatoms. The lowest BCUT2D eigenvalue weighted by atomic mass is 10.1. The maximum absolute atomic E-state index is 12.1. The molecule has 118 valence electrons. The molecule has 2 aromatic carbocycles. The van der Waals surface area contributed by atoms with Gasteiger partial charge in [-0.25, -0.2) is 0 Å². The number of hydrogen-bond donors (Lipinski definition) is 0. The number of hydrogen-bond acceptors (Lipinski definition) is 4. The molecule has 0 fully saturated rings. The summed E-state index contributed by atoms with van der Waals surface area (Å²) < 4.78 is 0. The van der Waals surface area contributed by atoms with Gasteiger partial charge in [-0.05, 0) is 36.2 Å². The van der Waals surface area contributed by atoms with Crippen LogP contribution in [0.3, 0.4) is 0 Å². The number of carbonyl (C=O) groups is 1. The van der Waals surface area contributed by atoms with Crippen molar-refractivity contribution < 1.29 is 9.72 Å². The van der Waals surface area contributed by atoms with Crippen LogP contribution in [0.5, 0.6) is 0 Å². The molecule has 2 aromatic rings. The van der Waals surface area contributed by atoms with E-state index in [0.717, 1.165) is 26.1 Å². The van der Waals surface area contributed by atoms with Gasteiger partial charge in [-0.3, -0.25) is 19.8 Å². The normalized spacial score (nSPS) is 13.7. The summed E-state index contributed by atoms with van der Waals surface area (Å²) >= 11 is 0. The standard InChI is InChI=1S/C18H18N2O3/c21-18(14-7-9-17(10-8-14)20(22)23)6-3-11-19-12-15-4-1-2-5-16(15)13-19/h1-2,4-5,7-10H,3,6,11-13H2. The number of non-ortho nitro benzene ring substituents is 1. The van der Waals surface area contributed by atoms with E-state index in [9.17, 15) is 14.9 Å². The molecule has 0 spiro atoms. The summed E-state index contributed by atoms with van der Waals surface area (Å²) in [6.07, 6.45) is 1.26. The fourth-order valence-electron chi connectivity index (χ4n) is 2.94. The molecule has 0 aliphatic carbocycles. The maximum atomic E-state index is 12.1. The quantitative estimate of drug-likeness (QED) is 0.465. The minimum atomic E-state index is -0.459. The van der Waals surface area contributed by atoms with E-state index in [1.54, 1.807) is 0 Å². The zero-order valence-electron chi connectivity index (χ0n) is 12.8. The van der Waals surface area contributed by atoms with Gasteiger partial charge in [0.05, 0.1) is 4.92 Å². The number of nitro groups is 1. The summed E-state index contributed by atoms with van der Waals surface area (Å²) in [5, 5.41) is 10.6. The molecular formula is C18H18N2O3. The highest BCUT2D eigenvalue weighted by molar-refractivity contribution is 5.96. The lowest BCUT2D eigenvalue weighted by molar-refractivity contribution is -0.384. The van der Waals surface area contributed by atoms with Crippen LogP contribution in [0.25, 0.3) is 0 Å². The number of nitro benzene ring substituents is 1. The summed E-state index contributed by atoms with van der Waals surface area (Å²) in [4.78, 5) is 24.6. The molecule has 23 heavy (non-hydrogen) atoms. The van der Waals surface area contributed by atoms with Crippen LogP contribution in [-0.2, 0) is 13.1 Å². The molecule has 0 aromatic heterocycles. The molecule has 0 saturated carbocycles. The Hall–Kier alpha value is -2.53. The number of ketones is 1. The van der Waals surface area contributed by atoms with Crippen molar-refractivity contribution in [3.05, 3.63) is 75.3 Å². The minimum Gasteiger partial charge on any atom is -0.295 e. The van der Waals surface area contributed by atoms with E-state index in [-0.39, 0.29) is 11.5 Å². The first kappa shape index (κ1) is 15.4. The van der Waals surface area contributed by atoms with Crippen molar-refractivity contribution in [1.29, 1.82) is 0 Å². The molecule has 0 unspecified atom stereocenters. The lowest BCUT2D eigenvalue weighted by Gasteiger charge is -2.14. The van der Waals surface area contributed by atoms with Crippen LogP contribution in [0.1, 0.15) is 34.3 Å². The van der Waals surface area contributed by atoms with E-state index in [0.29, 0.717) is 12.0 Å². The number of benzene rings is 2. The number of carbonyl (C=O) groups excluding carboxylic acids is 1. The molecule has 0 atom stereocenters. The number of fused-ring (bicyclic) bond motifs is 1. The van der Waals surface area contributed by atoms with Crippen molar-refractivity contribution in [2.24, 2.45) is 0 Å². The van der Waals surface area contributed by atoms with Gasteiger partial charge in [0.2, 0.25) is 0 Å². The zero-order valence-corrected chi connectivity index (χ0v) is 12.8. The van der Waals surface area contributed by atoms with Crippen LogP contribution in [0, 0.1) is 10.1 Å². The second-order valence-corrected chi connectivity index (χ2v) is 5.81. The Bertz CT molecular complexity index is 700. The highest BCUT2D eigenvalue weighted by Crippen LogP contribution is 2.22. The van der Waals surface area contributed by atoms with Gasteiger partial charge >= 0.3 is 0 Å². The molecule has 5 nitrogen and oxygen atoms in total. The summed E-state index contributed by atoms with van der Waals surface area (Å²) in [7, 11) is 0. The topological polar surface area (TPSA) is 63.5 Å². The molecule has 1 heterocycles. The van der Waals surface area contributed by atoms with E-state index < -0.39 is 4.92 Å². The van der Waals surface area contributed by atoms with Gasteiger partial charge in [0.15, 0.2) is 5.78 Å². The first-order valence-corrected chi connectivity index (χ1v) is 7.70. The first-order valence-electron chi connectivity index (χ1n) is 7.70. The van der Waals surface area contributed by atoms with Gasteiger partial charge in [-0.2, -0.15) is 0 Å². The van der Waals surface area contributed by atoms with Crippen molar-refractivity contribution in [2.75, 3.05) is 6.54 Å². The summed E-state index contributed by atoms with van der Waals surface area (Å²) in [6, 6.07) is 14.2. The van der Waals surface area contributed by atoms with Crippen LogP contribution in [0.4, 0.5) is 5.69 Å². The Kier molecular flexibility index (Phi) is 4.48. The summed E-state index contributed by atoms with van der Waals surface area (Å²) in [6.45, 7) is 2.77. The van der Waals surface area contributed by atoms with Gasteiger partial charge in [0.25, 0.3) is 5.69 Å². The average Bonchev–Trinajstić information content (AvgIpc) is 2.97. The van der Waals surface area contributed by atoms with Crippen molar-refractivity contribution in [3.63, 3.8) is 0 Å². The van der Waals surface area contributed by atoms with E-state index >= 15 is 0 Å². The van der Waals surface area contributed by atoms with Gasteiger partial charge in [0, 0.05) is 37.2 Å². The van der Waals surface area contributed by atoms with E-state index in [2.05, 4.69) is 29.2 Å². The summed E-state index contributed by atoms with van der Waals surface area (Å²) in [5.41, 5.74) is 3.29. The third-order valence-electron chi connectivity index (χ3n) is 4.18. The van der Waals surface area contributed by atoms with Crippen molar-refractivity contribution in [1.82, 2.24) is 4.90 Å². The predicted octanol–water partition coefficient (Wildman–Crippen LogP) is 3.57. The van der Waals surface area contributed by atoms with E-state index in [1.807, 2.05) is 0 Å². The Morgan fingerprint density at radius 1 is 1.04 bits per heavy atom. The molecular weight excluding hydrogens is 292 g/mol. The average molecular weight is 310 g/mol. The van der Waals surface area contributed by atoms with Crippen molar-refractivity contribution in [2.45, 2.75) is 25.9 Å². The highest BCUT2D eigenvalue weighted by Gasteiger charge is 2.18. The second-order valence-electron chi connectivity index (χ2n) is 5.81. The number of Topliss-reactive ketones (excluding diaryl/α,β-unsaturated/α-hetero) is 1. The lowest BCUT2D eigenvalue weighted by Crippen LogP contribution is -2.18. The molecule has 1 aliphatic rings. The third kappa shape index (κ3) is 3.63. The molecule has 0 amide bonds. The zero-order chi connectivity index (χ0) is 16.2. The molecule has 0 N–H and O–H groups in total. The number of rotatable bonds is 6. The number of nitrogens with zero attached hydrogens (tertiary/aromatic N) is 2. The first-order chi connectivity index (χ1) is 11.1. The Morgan fingerprint density at radius 3 is 2.22 bits per heavy atom.